The van der Waals surface area contributed by atoms with E-state index in [9.17, 15) is 24.6 Å². The lowest BCUT2D eigenvalue weighted by Gasteiger charge is -2.42. The average Bonchev–Trinajstić information content (AvgIpc) is 2.90. The third-order valence-corrected chi connectivity index (χ3v) is 7.41. The summed E-state index contributed by atoms with van der Waals surface area (Å²) < 4.78 is 16.6. The Morgan fingerprint density at radius 2 is 1.67 bits per heavy atom. The van der Waals surface area contributed by atoms with Crippen molar-refractivity contribution in [3.8, 4) is 5.75 Å². The summed E-state index contributed by atoms with van der Waals surface area (Å²) in [6.45, 7) is 8.03. The number of hydrogen-bond donors (Lipinski definition) is 2. The van der Waals surface area contributed by atoms with Crippen LogP contribution in [0.3, 0.4) is 0 Å². The van der Waals surface area contributed by atoms with E-state index < -0.39 is 46.7 Å². The van der Waals surface area contributed by atoms with E-state index in [2.05, 4.69) is 0 Å². The van der Waals surface area contributed by atoms with E-state index in [1.807, 2.05) is 13.8 Å². The van der Waals surface area contributed by atoms with Crippen LogP contribution in [-0.2, 0) is 19.1 Å². The highest BCUT2D eigenvalue weighted by Gasteiger charge is 2.69. The molecule has 0 heterocycles. The Labute approximate surface area is 194 Å². The Morgan fingerprint density at radius 3 is 2.18 bits per heavy atom. The first-order valence-electron chi connectivity index (χ1n) is 11.2. The standard InChI is InChI=1S/C25H34O8/c1-14(2)25(30)13-20(32-15(3)26)24(5)19(27)12-23(4,29)11-18(21(24)25)33-22(28)16-7-9-17(31-6)10-8-16/h7-10,14,18,20-21,29-30H,11-13H2,1-6H3/t18-,20+,21+,23+,24-,25+/m0/s1. The Kier molecular flexibility index (Phi) is 6.65. The molecular formula is C25H34O8. The lowest BCUT2D eigenvalue weighted by Crippen LogP contribution is -2.53. The smallest absolute Gasteiger partial charge is 0.338 e. The van der Waals surface area contributed by atoms with Gasteiger partial charge in [-0.3, -0.25) is 9.59 Å². The van der Waals surface area contributed by atoms with Gasteiger partial charge in [0.1, 0.15) is 23.7 Å². The van der Waals surface area contributed by atoms with Crippen LogP contribution < -0.4 is 4.74 Å². The summed E-state index contributed by atoms with van der Waals surface area (Å²) in [4.78, 5) is 38.4. The fourth-order valence-electron chi connectivity index (χ4n) is 5.58. The normalized spacial score (nSPS) is 36.2. The van der Waals surface area contributed by atoms with Crippen molar-refractivity contribution in [3.63, 3.8) is 0 Å². The second-order valence-electron chi connectivity index (χ2n) is 10.2. The van der Waals surface area contributed by atoms with Crippen molar-refractivity contribution in [2.75, 3.05) is 7.11 Å². The molecule has 6 atom stereocenters. The molecule has 0 amide bonds. The van der Waals surface area contributed by atoms with Crippen molar-refractivity contribution >= 4 is 17.7 Å². The molecule has 2 aliphatic rings. The van der Waals surface area contributed by atoms with Gasteiger partial charge in [-0.25, -0.2) is 4.79 Å². The maximum atomic E-state index is 13.5. The highest BCUT2D eigenvalue weighted by atomic mass is 16.6. The van der Waals surface area contributed by atoms with Crippen LogP contribution in [0.1, 0.15) is 64.2 Å². The fraction of sp³-hybridized carbons (Fsp3) is 0.640. The third-order valence-electron chi connectivity index (χ3n) is 7.41. The zero-order valence-corrected chi connectivity index (χ0v) is 20.1. The van der Waals surface area contributed by atoms with E-state index >= 15 is 0 Å². The molecule has 2 N–H and O–H groups in total. The van der Waals surface area contributed by atoms with Crippen LogP contribution in [0.15, 0.2) is 24.3 Å². The minimum Gasteiger partial charge on any atom is -0.497 e. The number of carbonyl (C=O) groups excluding carboxylic acids is 3. The predicted molar refractivity (Wildman–Crippen MR) is 119 cm³/mol. The number of ketones is 1. The number of methoxy groups -OCH3 is 1. The first-order valence-corrected chi connectivity index (χ1v) is 11.2. The molecule has 0 unspecified atom stereocenters. The van der Waals surface area contributed by atoms with Gasteiger partial charge in [0.15, 0.2) is 0 Å². The monoisotopic (exact) mass is 462 g/mol. The average molecular weight is 463 g/mol. The molecule has 33 heavy (non-hydrogen) atoms. The SMILES string of the molecule is COc1ccc(C(=O)O[C@H]2C[C@@](C)(O)CC(=O)[C@]3(C)[C@@H]2[C@](O)(C(C)C)C[C@H]3OC(C)=O)cc1. The van der Waals surface area contributed by atoms with Gasteiger partial charge in [-0.05, 0) is 44.0 Å². The summed E-state index contributed by atoms with van der Waals surface area (Å²) in [6.07, 6.45) is -2.10. The van der Waals surface area contributed by atoms with Gasteiger partial charge in [0.2, 0.25) is 0 Å². The van der Waals surface area contributed by atoms with Gasteiger partial charge in [0, 0.05) is 32.1 Å². The van der Waals surface area contributed by atoms with E-state index in [1.165, 1.54) is 21.0 Å². The van der Waals surface area contributed by atoms with Crippen molar-refractivity contribution < 1.29 is 38.8 Å². The van der Waals surface area contributed by atoms with Crippen LogP contribution in [0, 0.1) is 17.3 Å². The Hall–Kier alpha value is -2.45. The highest BCUT2D eigenvalue weighted by Crippen LogP contribution is 2.59. The molecule has 0 radical (unpaired) electrons. The number of esters is 2. The molecule has 8 heteroatoms. The molecule has 182 valence electrons. The lowest BCUT2D eigenvalue weighted by molar-refractivity contribution is -0.159. The van der Waals surface area contributed by atoms with Gasteiger partial charge in [-0.2, -0.15) is 0 Å². The summed E-state index contributed by atoms with van der Waals surface area (Å²) in [5.41, 5.74) is -3.99. The van der Waals surface area contributed by atoms with Gasteiger partial charge in [0.25, 0.3) is 0 Å². The van der Waals surface area contributed by atoms with Crippen LogP contribution in [-0.4, -0.2) is 58.5 Å². The fourth-order valence-corrected chi connectivity index (χ4v) is 5.58. The molecule has 0 saturated heterocycles. The van der Waals surface area contributed by atoms with Crippen molar-refractivity contribution in [2.45, 2.75) is 77.3 Å². The Balaban J connectivity index is 2.07. The molecule has 3 rings (SSSR count). The van der Waals surface area contributed by atoms with Crippen LogP contribution in [0.5, 0.6) is 5.75 Å². The highest BCUT2D eigenvalue weighted by molar-refractivity contribution is 5.90. The van der Waals surface area contributed by atoms with Crippen molar-refractivity contribution in [3.05, 3.63) is 29.8 Å². The summed E-state index contributed by atoms with van der Waals surface area (Å²) in [5.74, 6) is -2.17. The summed E-state index contributed by atoms with van der Waals surface area (Å²) in [7, 11) is 1.52. The van der Waals surface area contributed by atoms with Gasteiger partial charge >= 0.3 is 11.9 Å². The lowest BCUT2D eigenvalue weighted by atomic mass is 9.67. The summed E-state index contributed by atoms with van der Waals surface area (Å²) >= 11 is 0. The number of hydrogen-bond acceptors (Lipinski definition) is 8. The zero-order valence-electron chi connectivity index (χ0n) is 20.1. The number of fused-ring (bicyclic) bond motifs is 1. The van der Waals surface area contributed by atoms with E-state index in [0.717, 1.165) is 0 Å². The molecule has 2 aliphatic carbocycles. The maximum absolute atomic E-state index is 13.5. The molecule has 0 aliphatic heterocycles. The van der Waals surface area contributed by atoms with Crippen LogP contribution in [0.25, 0.3) is 0 Å². The summed E-state index contributed by atoms with van der Waals surface area (Å²) in [6, 6.07) is 6.38. The molecule has 1 aromatic rings. The molecular weight excluding hydrogens is 428 g/mol. The van der Waals surface area contributed by atoms with E-state index in [4.69, 9.17) is 14.2 Å². The molecule has 1 aromatic carbocycles. The van der Waals surface area contributed by atoms with Crippen molar-refractivity contribution in [2.24, 2.45) is 17.3 Å². The first kappa shape index (κ1) is 25.2. The quantitative estimate of drug-likeness (QED) is 0.641. The molecule has 8 nitrogen and oxygen atoms in total. The molecule has 0 spiro atoms. The number of rotatable bonds is 5. The largest absolute Gasteiger partial charge is 0.497 e. The molecule has 2 fully saturated rings. The summed E-state index contributed by atoms with van der Waals surface area (Å²) in [5, 5.41) is 22.8. The van der Waals surface area contributed by atoms with Gasteiger partial charge < -0.3 is 24.4 Å². The van der Waals surface area contributed by atoms with Crippen molar-refractivity contribution in [1.82, 2.24) is 0 Å². The van der Waals surface area contributed by atoms with Gasteiger partial charge in [-0.1, -0.05) is 13.8 Å². The predicted octanol–water partition coefficient (Wildman–Crippen LogP) is 2.68. The molecule has 0 bridgehead atoms. The third kappa shape index (κ3) is 4.51. The Bertz CT molecular complexity index is 921. The second kappa shape index (κ2) is 8.72. The Morgan fingerprint density at radius 1 is 1.06 bits per heavy atom. The van der Waals surface area contributed by atoms with Crippen LogP contribution in [0.4, 0.5) is 0 Å². The van der Waals surface area contributed by atoms with E-state index in [0.29, 0.717) is 5.75 Å². The number of aliphatic hydroxyl groups is 2. The number of Topliss-reactive ketones (excluding diaryl/α,β-unsaturated/α-hetero) is 1. The minimum absolute atomic E-state index is 0.0376. The maximum Gasteiger partial charge on any atom is 0.338 e. The van der Waals surface area contributed by atoms with Crippen LogP contribution >= 0.6 is 0 Å². The number of ether oxygens (including phenoxy) is 3. The van der Waals surface area contributed by atoms with E-state index in [-0.39, 0.29) is 36.5 Å². The van der Waals surface area contributed by atoms with Crippen molar-refractivity contribution in [1.29, 1.82) is 0 Å². The van der Waals surface area contributed by atoms with Gasteiger partial charge in [0.05, 0.1) is 29.3 Å². The second-order valence-corrected chi connectivity index (χ2v) is 10.2. The minimum atomic E-state index is -1.46. The number of carbonyl (C=O) groups is 3. The first-order chi connectivity index (χ1) is 15.2. The zero-order chi connectivity index (χ0) is 24.8. The van der Waals surface area contributed by atoms with E-state index in [1.54, 1.807) is 31.2 Å². The van der Waals surface area contributed by atoms with Crippen LogP contribution in [0.2, 0.25) is 0 Å². The molecule has 2 saturated carbocycles. The molecule has 0 aromatic heterocycles. The van der Waals surface area contributed by atoms with Gasteiger partial charge in [-0.15, -0.1) is 0 Å². The topological polar surface area (TPSA) is 119 Å². The number of benzene rings is 1.